The number of pyridine rings is 2. The molecule has 176 valence electrons. The molecular formula is C24H38N6O2. The van der Waals surface area contributed by atoms with Crippen molar-refractivity contribution in [2.45, 2.75) is 38.8 Å². The molecule has 2 aromatic rings. The molecule has 8 nitrogen and oxygen atoms in total. The molecule has 0 saturated carbocycles. The monoisotopic (exact) mass is 442 g/mol. The predicted octanol–water partition coefficient (Wildman–Crippen LogP) is 1.42. The zero-order valence-corrected chi connectivity index (χ0v) is 19.5. The summed E-state index contributed by atoms with van der Waals surface area (Å²) in [6.45, 7) is 12.3. The van der Waals surface area contributed by atoms with Gasteiger partial charge in [0.1, 0.15) is 5.82 Å². The SMILES string of the molecule is CC(CO)N1CCCN(c2cc(N3CCCN(C(C)CO)CC3)c3ccncc3n2)CC1. The second-order valence-corrected chi connectivity index (χ2v) is 9.21. The highest BCUT2D eigenvalue weighted by atomic mass is 16.3. The third kappa shape index (κ3) is 5.14. The summed E-state index contributed by atoms with van der Waals surface area (Å²) in [4.78, 5) is 19.0. The average Bonchev–Trinajstić information content (AvgIpc) is 3.24. The molecule has 0 aromatic carbocycles. The van der Waals surface area contributed by atoms with Gasteiger partial charge in [0, 0.05) is 87.8 Å². The minimum absolute atomic E-state index is 0.195. The van der Waals surface area contributed by atoms with Gasteiger partial charge in [-0.1, -0.05) is 0 Å². The van der Waals surface area contributed by atoms with Gasteiger partial charge < -0.3 is 20.0 Å². The van der Waals surface area contributed by atoms with Gasteiger partial charge in [-0.3, -0.25) is 14.8 Å². The molecule has 2 aromatic heterocycles. The summed E-state index contributed by atoms with van der Waals surface area (Å²) < 4.78 is 0. The Kier molecular flexibility index (Phi) is 7.78. The van der Waals surface area contributed by atoms with Gasteiger partial charge >= 0.3 is 0 Å². The van der Waals surface area contributed by atoms with Gasteiger partial charge in [-0.05, 0) is 32.8 Å². The molecule has 0 amide bonds. The van der Waals surface area contributed by atoms with Gasteiger partial charge in [0.05, 0.1) is 24.9 Å². The van der Waals surface area contributed by atoms with Crippen molar-refractivity contribution in [2.75, 3.05) is 75.4 Å². The van der Waals surface area contributed by atoms with Crippen molar-refractivity contribution in [1.82, 2.24) is 19.8 Å². The zero-order valence-electron chi connectivity index (χ0n) is 19.5. The van der Waals surface area contributed by atoms with Crippen LogP contribution in [-0.2, 0) is 0 Å². The Labute approximate surface area is 191 Å². The lowest BCUT2D eigenvalue weighted by Gasteiger charge is -2.29. The van der Waals surface area contributed by atoms with Crippen molar-refractivity contribution in [2.24, 2.45) is 0 Å². The van der Waals surface area contributed by atoms with Gasteiger partial charge in [0.2, 0.25) is 0 Å². The van der Waals surface area contributed by atoms with E-state index in [-0.39, 0.29) is 25.3 Å². The van der Waals surface area contributed by atoms with Gasteiger partial charge in [-0.15, -0.1) is 0 Å². The molecule has 0 radical (unpaired) electrons. The summed E-state index contributed by atoms with van der Waals surface area (Å²) in [7, 11) is 0. The van der Waals surface area contributed by atoms with E-state index in [1.54, 1.807) is 0 Å². The van der Waals surface area contributed by atoms with Crippen LogP contribution < -0.4 is 9.80 Å². The van der Waals surface area contributed by atoms with Crippen LogP contribution in [-0.4, -0.2) is 108 Å². The fourth-order valence-electron chi connectivity index (χ4n) is 4.93. The van der Waals surface area contributed by atoms with E-state index in [1.165, 1.54) is 5.69 Å². The molecule has 2 aliphatic rings. The van der Waals surface area contributed by atoms with Crippen LogP contribution in [0.5, 0.6) is 0 Å². The van der Waals surface area contributed by atoms with E-state index in [9.17, 15) is 10.2 Å². The Morgan fingerprint density at radius 2 is 1.47 bits per heavy atom. The normalized spacial score (nSPS) is 21.4. The molecular weight excluding hydrogens is 404 g/mol. The summed E-state index contributed by atoms with van der Waals surface area (Å²) in [5.41, 5.74) is 2.17. The van der Waals surface area contributed by atoms with Crippen LogP contribution in [0.25, 0.3) is 10.9 Å². The summed E-state index contributed by atoms with van der Waals surface area (Å²) in [5, 5.41) is 20.3. The largest absolute Gasteiger partial charge is 0.395 e. The van der Waals surface area contributed by atoms with Crippen molar-refractivity contribution in [1.29, 1.82) is 0 Å². The highest BCUT2D eigenvalue weighted by Gasteiger charge is 2.23. The number of aliphatic hydroxyl groups excluding tert-OH is 2. The number of aromatic nitrogens is 2. The molecule has 8 heteroatoms. The standard InChI is InChI=1S/C24H38N6O2/c1-19(17-31)27-7-3-9-29(13-11-27)23-15-24(26-22-16-25-6-5-21(22)23)30-10-4-8-28(12-14-30)20(2)18-32/h5-6,15-16,19-20,31-32H,3-4,7-14,17-18H2,1-2H3. The first-order chi connectivity index (χ1) is 15.6. The minimum Gasteiger partial charge on any atom is -0.395 e. The number of hydrogen-bond donors (Lipinski definition) is 2. The molecule has 2 atom stereocenters. The van der Waals surface area contributed by atoms with E-state index >= 15 is 0 Å². The fraction of sp³-hybridized carbons (Fsp3) is 0.667. The van der Waals surface area contributed by atoms with Crippen LogP contribution in [0.1, 0.15) is 26.7 Å². The fourth-order valence-corrected chi connectivity index (χ4v) is 4.93. The number of aliphatic hydroxyl groups is 2. The number of fused-ring (bicyclic) bond motifs is 1. The molecule has 0 bridgehead atoms. The Morgan fingerprint density at radius 3 is 2.12 bits per heavy atom. The molecule has 32 heavy (non-hydrogen) atoms. The van der Waals surface area contributed by atoms with Crippen LogP contribution in [0.3, 0.4) is 0 Å². The van der Waals surface area contributed by atoms with E-state index in [1.807, 2.05) is 12.4 Å². The first kappa shape index (κ1) is 23.2. The first-order valence-electron chi connectivity index (χ1n) is 12.0. The molecule has 4 heterocycles. The maximum absolute atomic E-state index is 9.58. The number of anilines is 2. The van der Waals surface area contributed by atoms with E-state index < -0.39 is 0 Å². The van der Waals surface area contributed by atoms with Crippen molar-refractivity contribution >= 4 is 22.4 Å². The molecule has 4 rings (SSSR count). The third-order valence-electron chi connectivity index (χ3n) is 7.08. The van der Waals surface area contributed by atoms with Gasteiger partial charge in [-0.2, -0.15) is 0 Å². The van der Waals surface area contributed by atoms with E-state index in [4.69, 9.17) is 4.98 Å². The van der Waals surface area contributed by atoms with E-state index in [0.29, 0.717) is 0 Å². The molecule has 2 saturated heterocycles. The average molecular weight is 443 g/mol. The molecule has 0 spiro atoms. The lowest BCUT2D eigenvalue weighted by atomic mass is 10.2. The number of nitrogens with zero attached hydrogens (tertiary/aromatic N) is 6. The van der Waals surface area contributed by atoms with Crippen molar-refractivity contribution in [3.05, 3.63) is 24.5 Å². The predicted molar refractivity (Wildman–Crippen MR) is 129 cm³/mol. The second-order valence-electron chi connectivity index (χ2n) is 9.21. The Hall–Kier alpha value is -2.00. The minimum atomic E-state index is 0.195. The zero-order chi connectivity index (χ0) is 22.5. The highest BCUT2D eigenvalue weighted by molar-refractivity contribution is 5.93. The molecule has 0 aliphatic carbocycles. The maximum atomic E-state index is 9.58. The number of hydrogen-bond acceptors (Lipinski definition) is 8. The highest BCUT2D eigenvalue weighted by Crippen LogP contribution is 2.31. The third-order valence-corrected chi connectivity index (χ3v) is 7.08. The lowest BCUT2D eigenvalue weighted by Crippen LogP contribution is -2.39. The second kappa shape index (κ2) is 10.7. The molecule has 2 N–H and O–H groups in total. The van der Waals surface area contributed by atoms with Gasteiger partial charge in [0.15, 0.2) is 0 Å². The molecule has 2 unspecified atom stereocenters. The Morgan fingerprint density at radius 1 is 0.844 bits per heavy atom. The van der Waals surface area contributed by atoms with Gasteiger partial charge in [0.25, 0.3) is 0 Å². The smallest absolute Gasteiger partial charge is 0.131 e. The van der Waals surface area contributed by atoms with Crippen LogP contribution >= 0.6 is 0 Å². The first-order valence-corrected chi connectivity index (χ1v) is 12.0. The van der Waals surface area contributed by atoms with Crippen molar-refractivity contribution < 1.29 is 10.2 Å². The van der Waals surface area contributed by atoms with Crippen LogP contribution in [0.15, 0.2) is 24.5 Å². The van der Waals surface area contributed by atoms with Crippen LogP contribution in [0, 0.1) is 0 Å². The van der Waals surface area contributed by atoms with E-state index in [2.05, 4.69) is 50.6 Å². The number of rotatable bonds is 6. The summed E-state index contributed by atoms with van der Waals surface area (Å²) in [5.74, 6) is 1.02. The van der Waals surface area contributed by atoms with Crippen LogP contribution in [0.4, 0.5) is 11.5 Å². The van der Waals surface area contributed by atoms with Crippen molar-refractivity contribution in [3.8, 4) is 0 Å². The Bertz CT molecular complexity index is 881. The van der Waals surface area contributed by atoms with Crippen LogP contribution in [0.2, 0.25) is 0 Å². The Balaban J connectivity index is 1.59. The summed E-state index contributed by atoms with van der Waals surface area (Å²) in [6.07, 6.45) is 5.86. The van der Waals surface area contributed by atoms with Crippen molar-refractivity contribution in [3.63, 3.8) is 0 Å². The maximum Gasteiger partial charge on any atom is 0.131 e. The summed E-state index contributed by atoms with van der Waals surface area (Å²) >= 11 is 0. The molecule has 2 fully saturated rings. The van der Waals surface area contributed by atoms with Gasteiger partial charge in [-0.25, -0.2) is 4.98 Å². The topological polar surface area (TPSA) is 79.2 Å². The summed E-state index contributed by atoms with van der Waals surface area (Å²) in [6, 6.07) is 4.73. The quantitative estimate of drug-likeness (QED) is 0.695. The molecule has 2 aliphatic heterocycles. The van der Waals surface area contributed by atoms with E-state index in [0.717, 1.165) is 81.9 Å². The lowest BCUT2D eigenvalue weighted by molar-refractivity contribution is 0.141.